The van der Waals surface area contributed by atoms with E-state index in [1.165, 1.54) is 0 Å². The monoisotopic (exact) mass is 387 g/mol. The third-order valence-electron chi connectivity index (χ3n) is 5.41. The highest BCUT2D eigenvalue weighted by atomic mass is 16.2. The van der Waals surface area contributed by atoms with Crippen LogP contribution in [0, 0.1) is 0 Å². The van der Waals surface area contributed by atoms with E-state index in [1.807, 2.05) is 88.6 Å². The number of benzene rings is 2. The highest BCUT2D eigenvalue weighted by molar-refractivity contribution is 5.94. The lowest BCUT2D eigenvalue weighted by molar-refractivity contribution is -0.131. The number of carbonyl (C=O) groups is 2. The standard InChI is InChI=1S/C24H25N3O2/c28-23(18-19-6-2-1-3-7-19)27-16-12-21(13-17-27)25-24(29)20-8-10-22(11-9-20)26-14-4-5-15-26/h1-11,14-15,21H,12-13,16-18H2,(H,25,29). The van der Waals surface area contributed by atoms with Crippen LogP contribution in [0.1, 0.15) is 28.8 Å². The maximum atomic E-state index is 12.6. The van der Waals surface area contributed by atoms with Crippen molar-refractivity contribution in [3.8, 4) is 5.69 Å². The Balaban J connectivity index is 1.27. The summed E-state index contributed by atoms with van der Waals surface area (Å²) < 4.78 is 2.00. The molecule has 1 N–H and O–H groups in total. The van der Waals surface area contributed by atoms with Gasteiger partial charge in [0.05, 0.1) is 6.42 Å². The zero-order valence-corrected chi connectivity index (χ0v) is 16.3. The SMILES string of the molecule is O=C(NC1CCN(C(=O)Cc2ccccc2)CC1)c1ccc(-n2cccc2)cc1. The third kappa shape index (κ3) is 4.74. The van der Waals surface area contributed by atoms with E-state index in [-0.39, 0.29) is 17.9 Å². The van der Waals surface area contributed by atoms with Crippen molar-refractivity contribution in [3.63, 3.8) is 0 Å². The van der Waals surface area contributed by atoms with Crippen molar-refractivity contribution in [1.82, 2.24) is 14.8 Å². The van der Waals surface area contributed by atoms with Crippen molar-refractivity contribution < 1.29 is 9.59 Å². The molecule has 0 atom stereocenters. The van der Waals surface area contributed by atoms with Crippen LogP contribution in [0.4, 0.5) is 0 Å². The summed E-state index contributed by atoms with van der Waals surface area (Å²) in [5, 5.41) is 3.11. The molecule has 0 bridgehead atoms. The minimum Gasteiger partial charge on any atom is -0.349 e. The zero-order valence-electron chi connectivity index (χ0n) is 16.3. The fourth-order valence-electron chi connectivity index (χ4n) is 3.72. The molecule has 0 aliphatic carbocycles. The van der Waals surface area contributed by atoms with Crippen LogP contribution in [0.3, 0.4) is 0 Å². The van der Waals surface area contributed by atoms with Crippen LogP contribution in [0.25, 0.3) is 5.69 Å². The van der Waals surface area contributed by atoms with Crippen molar-refractivity contribution in [1.29, 1.82) is 0 Å². The molecule has 0 saturated carbocycles. The van der Waals surface area contributed by atoms with Crippen LogP contribution in [-0.2, 0) is 11.2 Å². The summed E-state index contributed by atoms with van der Waals surface area (Å²) in [5.74, 6) is 0.0969. The van der Waals surface area contributed by atoms with Crippen LogP contribution in [-0.4, -0.2) is 40.4 Å². The van der Waals surface area contributed by atoms with E-state index in [0.717, 1.165) is 24.1 Å². The fourth-order valence-corrected chi connectivity index (χ4v) is 3.72. The van der Waals surface area contributed by atoms with Crippen LogP contribution in [0.15, 0.2) is 79.1 Å². The molecule has 0 radical (unpaired) electrons. The van der Waals surface area contributed by atoms with Crippen molar-refractivity contribution >= 4 is 11.8 Å². The quantitative estimate of drug-likeness (QED) is 0.729. The van der Waals surface area contributed by atoms with Crippen LogP contribution in [0.2, 0.25) is 0 Å². The maximum Gasteiger partial charge on any atom is 0.251 e. The molecule has 1 aromatic heterocycles. The average molecular weight is 387 g/mol. The van der Waals surface area contributed by atoms with Crippen LogP contribution < -0.4 is 5.32 Å². The van der Waals surface area contributed by atoms with E-state index in [0.29, 0.717) is 25.1 Å². The van der Waals surface area contributed by atoms with Gasteiger partial charge < -0.3 is 14.8 Å². The Morgan fingerprint density at radius 1 is 0.862 bits per heavy atom. The summed E-state index contributed by atoms with van der Waals surface area (Å²) in [6.07, 6.45) is 5.96. The minimum absolute atomic E-state index is 0.0573. The van der Waals surface area contributed by atoms with E-state index >= 15 is 0 Å². The molecular weight excluding hydrogens is 362 g/mol. The van der Waals surface area contributed by atoms with Gasteiger partial charge in [0.25, 0.3) is 5.91 Å². The Bertz CT molecular complexity index is 942. The summed E-state index contributed by atoms with van der Waals surface area (Å²) >= 11 is 0. The molecule has 5 nitrogen and oxygen atoms in total. The molecule has 3 aromatic rings. The molecule has 1 aliphatic heterocycles. The summed E-state index contributed by atoms with van der Waals surface area (Å²) in [6.45, 7) is 1.37. The average Bonchev–Trinajstić information content (AvgIpc) is 3.30. The number of rotatable bonds is 5. The second-order valence-corrected chi connectivity index (χ2v) is 7.43. The van der Waals surface area contributed by atoms with Crippen LogP contribution >= 0.6 is 0 Å². The molecule has 1 fully saturated rings. The van der Waals surface area contributed by atoms with Crippen molar-refractivity contribution in [2.75, 3.05) is 13.1 Å². The van der Waals surface area contributed by atoms with Gasteiger partial charge in [-0.2, -0.15) is 0 Å². The molecule has 0 unspecified atom stereocenters. The highest BCUT2D eigenvalue weighted by Crippen LogP contribution is 2.15. The molecule has 0 spiro atoms. The molecule has 4 rings (SSSR count). The van der Waals surface area contributed by atoms with Gasteiger partial charge in [-0.1, -0.05) is 30.3 Å². The molecule has 1 aliphatic rings. The molecule has 29 heavy (non-hydrogen) atoms. The smallest absolute Gasteiger partial charge is 0.251 e. The van der Waals surface area contributed by atoms with Crippen molar-refractivity contribution in [3.05, 3.63) is 90.3 Å². The molecular formula is C24H25N3O2. The second kappa shape index (κ2) is 8.78. The lowest BCUT2D eigenvalue weighted by Crippen LogP contribution is -2.47. The number of hydrogen-bond donors (Lipinski definition) is 1. The van der Waals surface area contributed by atoms with Gasteiger partial charge in [-0.3, -0.25) is 9.59 Å². The van der Waals surface area contributed by atoms with E-state index in [9.17, 15) is 9.59 Å². The van der Waals surface area contributed by atoms with E-state index in [4.69, 9.17) is 0 Å². The van der Waals surface area contributed by atoms with Crippen LogP contribution in [0.5, 0.6) is 0 Å². The van der Waals surface area contributed by atoms with Gasteiger partial charge >= 0.3 is 0 Å². The summed E-state index contributed by atoms with van der Waals surface area (Å²) in [6, 6.07) is 21.5. The van der Waals surface area contributed by atoms with Gasteiger partial charge in [-0.15, -0.1) is 0 Å². The number of carbonyl (C=O) groups excluding carboxylic acids is 2. The minimum atomic E-state index is -0.0573. The number of amides is 2. The number of piperidine rings is 1. The first-order valence-corrected chi connectivity index (χ1v) is 10.0. The molecule has 148 valence electrons. The predicted molar refractivity (Wildman–Crippen MR) is 113 cm³/mol. The highest BCUT2D eigenvalue weighted by Gasteiger charge is 2.24. The third-order valence-corrected chi connectivity index (χ3v) is 5.41. The number of aromatic nitrogens is 1. The van der Waals surface area contributed by atoms with Gasteiger partial charge in [0, 0.05) is 42.8 Å². The number of likely N-dealkylation sites (tertiary alicyclic amines) is 1. The van der Waals surface area contributed by atoms with Crippen molar-refractivity contribution in [2.24, 2.45) is 0 Å². The predicted octanol–water partition coefficient (Wildman–Crippen LogP) is 3.44. The number of nitrogens with zero attached hydrogens (tertiary/aromatic N) is 2. The first-order valence-electron chi connectivity index (χ1n) is 10.0. The normalized spacial score (nSPS) is 14.6. The molecule has 1 saturated heterocycles. The van der Waals surface area contributed by atoms with E-state index < -0.39 is 0 Å². The fraction of sp³-hybridized carbons (Fsp3) is 0.250. The Morgan fingerprint density at radius 3 is 2.17 bits per heavy atom. The van der Waals surface area contributed by atoms with Gasteiger partial charge in [0.2, 0.25) is 5.91 Å². The molecule has 2 heterocycles. The molecule has 5 heteroatoms. The largest absolute Gasteiger partial charge is 0.349 e. The Labute approximate surface area is 171 Å². The summed E-state index contributed by atoms with van der Waals surface area (Å²) in [4.78, 5) is 27.0. The first kappa shape index (κ1) is 19.0. The van der Waals surface area contributed by atoms with Gasteiger partial charge in [-0.05, 0) is 54.8 Å². The Morgan fingerprint density at radius 2 is 1.52 bits per heavy atom. The van der Waals surface area contributed by atoms with E-state index in [1.54, 1.807) is 0 Å². The van der Waals surface area contributed by atoms with Gasteiger partial charge in [-0.25, -0.2) is 0 Å². The second-order valence-electron chi connectivity index (χ2n) is 7.43. The van der Waals surface area contributed by atoms with Gasteiger partial charge in [0.15, 0.2) is 0 Å². The zero-order chi connectivity index (χ0) is 20.1. The topological polar surface area (TPSA) is 54.3 Å². The summed E-state index contributed by atoms with van der Waals surface area (Å²) in [5.41, 5.74) is 2.72. The number of hydrogen-bond acceptors (Lipinski definition) is 2. The number of nitrogens with one attached hydrogen (secondary N) is 1. The Kier molecular flexibility index (Phi) is 5.75. The lowest BCUT2D eigenvalue weighted by Gasteiger charge is -2.32. The Hall–Kier alpha value is -3.34. The summed E-state index contributed by atoms with van der Waals surface area (Å²) in [7, 11) is 0. The molecule has 2 aromatic carbocycles. The van der Waals surface area contributed by atoms with Crippen molar-refractivity contribution in [2.45, 2.75) is 25.3 Å². The van der Waals surface area contributed by atoms with E-state index in [2.05, 4.69) is 5.32 Å². The maximum absolute atomic E-state index is 12.6. The first-order chi connectivity index (χ1) is 14.2. The molecule has 2 amide bonds. The van der Waals surface area contributed by atoms with Gasteiger partial charge in [0.1, 0.15) is 0 Å². The lowest BCUT2D eigenvalue weighted by atomic mass is 10.0.